The lowest BCUT2D eigenvalue weighted by molar-refractivity contribution is -0.137. The van der Waals surface area contributed by atoms with Crippen LogP contribution >= 0.6 is 11.6 Å². The Labute approximate surface area is 169 Å². The van der Waals surface area contributed by atoms with Crippen LogP contribution in [0.25, 0.3) is 0 Å². The van der Waals surface area contributed by atoms with E-state index in [9.17, 15) is 30.8 Å². The molecule has 1 fully saturated rings. The monoisotopic (exact) mass is 450 g/mol. The molecule has 0 radical (unpaired) electrons. The average Bonchev–Trinajstić information content (AvgIpc) is 2.67. The third-order valence-electron chi connectivity index (χ3n) is 4.48. The normalized spacial score (nSPS) is 16.1. The van der Waals surface area contributed by atoms with E-state index in [1.165, 1.54) is 23.1 Å². The van der Waals surface area contributed by atoms with E-state index >= 15 is 0 Å². The molecule has 1 saturated heterocycles. The van der Waals surface area contributed by atoms with E-state index in [-0.39, 0.29) is 31.7 Å². The van der Waals surface area contributed by atoms with Gasteiger partial charge in [-0.3, -0.25) is 4.79 Å². The highest BCUT2D eigenvalue weighted by Crippen LogP contribution is 2.36. The topological polar surface area (TPSA) is 57.7 Å². The van der Waals surface area contributed by atoms with Crippen LogP contribution in [-0.2, 0) is 16.2 Å². The number of amides is 1. The van der Waals surface area contributed by atoms with E-state index < -0.39 is 43.4 Å². The van der Waals surface area contributed by atoms with Crippen LogP contribution in [0.15, 0.2) is 47.4 Å². The summed E-state index contributed by atoms with van der Waals surface area (Å²) < 4.78 is 78.8. The van der Waals surface area contributed by atoms with Gasteiger partial charge in [0.1, 0.15) is 5.82 Å². The maximum absolute atomic E-state index is 13.3. The molecule has 11 heteroatoms. The number of carbonyl (C=O) groups is 1. The van der Waals surface area contributed by atoms with Gasteiger partial charge in [0.05, 0.1) is 15.5 Å². The summed E-state index contributed by atoms with van der Waals surface area (Å²) in [6.07, 6.45) is -4.79. The zero-order valence-corrected chi connectivity index (χ0v) is 16.4. The van der Waals surface area contributed by atoms with Crippen molar-refractivity contribution in [3.8, 4) is 0 Å². The number of halogens is 5. The number of rotatable bonds is 3. The predicted molar refractivity (Wildman–Crippen MR) is 97.5 cm³/mol. The molecule has 0 atom stereocenters. The Hall–Kier alpha value is -2.17. The molecule has 1 aliphatic heterocycles. The molecule has 0 spiro atoms. The number of alkyl halides is 3. The van der Waals surface area contributed by atoms with E-state index in [0.717, 1.165) is 22.5 Å². The summed E-state index contributed by atoms with van der Waals surface area (Å²) in [6, 6.07) is 7.52. The fourth-order valence-corrected chi connectivity index (χ4v) is 4.64. The molecule has 0 aromatic heterocycles. The second kappa shape index (κ2) is 7.92. The van der Waals surface area contributed by atoms with Gasteiger partial charge in [0.2, 0.25) is 10.0 Å². The summed E-state index contributed by atoms with van der Waals surface area (Å²) in [5.74, 6) is -1.02. The van der Waals surface area contributed by atoms with Gasteiger partial charge in [-0.15, -0.1) is 0 Å². The van der Waals surface area contributed by atoms with Crippen LogP contribution < -0.4 is 0 Å². The molecule has 0 saturated carbocycles. The molecule has 2 aromatic rings. The minimum absolute atomic E-state index is 0.0221. The largest absolute Gasteiger partial charge is 0.417 e. The van der Waals surface area contributed by atoms with Crippen molar-refractivity contribution in [2.75, 3.05) is 26.2 Å². The second-order valence-electron chi connectivity index (χ2n) is 6.35. The molecule has 3 rings (SSSR count). The molecule has 156 valence electrons. The summed E-state index contributed by atoms with van der Waals surface area (Å²) in [5, 5.41) is -0.595. The van der Waals surface area contributed by atoms with E-state index in [1.54, 1.807) is 0 Å². The Morgan fingerprint density at radius 1 is 1.00 bits per heavy atom. The highest BCUT2D eigenvalue weighted by molar-refractivity contribution is 7.89. The van der Waals surface area contributed by atoms with E-state index in [0.29, 0.717) is 6.07 Å². The first-order chi connectivity index (χ1) is 13.5. The Morgan fingerprint density at radius 3 is 2.24 bits per heavy atom. The van der Waals surface area contributed by atoms with Crippen LogP contribution in [0.2, 0.25) is 5.02 Å². The Morgan fingerprint density at radius 2 is 1.66 bits per heavy atom. The number of hydrogen-bond donors (Lipinski definition) is 0. The zero-order chi connectivity index (χ0) is 21.4. The van der Waals surface area contributed by atoms with Crippen LogP contribution in [0.3, 0.4) is 0 Å². The van der Waals surface area contributed by atoms with Crippen molar-refractivity contribution in [2.24, 2.45) is 0 Å². The van der Waals surface area contributed by atoms with Gasteiger partial charge in [-0.25, -0.2) is 12.8 Å². The maximum atomic E-state index is 13.3. The van der Waals surface area contributed by atoms with E-state index in [1.807, 2.05) is 0 Å². The third kappa shape index (κ3) is 4.54. The Kier molecular flexibility index (Phi) is 5.88. The van der Waals surface area contributed by atoms with Crippen molar-refractivity contribution >= 4 is 27.5 Å². The van der Waals surface area contributed by atoms with E-state index in [2.05, 4.69) is 0 Å². The highest BCUT2D eigenvalue weighted by atomic mass is 35.5. The van der Waals surface area contributed by atoms with Crippen LogP contribution in [-0.4, -0.2) is 49.7 Å². The lowest BCUT2D eigenvalue weighted by Gasteiger charge is -2.34. The van der Waals surface area contributed by atoms with Gasteiger partial charge in [-0.2, -0.15) is 17.5 Å². The standard InChI is InChI=1S/C18H15ClF4N2O3S/c19-16-5-4-14(11-15(16)18(21,22)23)29(27,28)25-8-6-24(7-9-25)17(26)12-2-1-3-13(20)10-12/h1-5,10-11H,6-9H2. The van der Waals surface area contributed by atoms with Gasteiger partial charge in [0.15, 0.2) is 0 Å². The minimum atomic E-state index is -4.79. The van der Waals surface area contributed by atoms with Crippen molar-refractivity contribution in [3.63, 3.8) is 0 Å². The van der Waals surface area contributed by atoms with Crippen LogP contribution in [0.4, 0.5) is 17.6 Å². The van der Waals surface area contributed by atoms with Crippen molar-refractivity contribution < 1.29 is 30.8 Å². The third-order valence-corrected chi connectivity index (χ3v) is 6.70. The quantitative estimate of drug-likeness (QED) is 0.671. The molecule has 2 aromatic carbocycles. The molecule has 0 aliphatic carbocycles. The fourth-order valence-electron chi connectivity index (χ4n) is 2.97. The number of carbonyl (C=O) groups excluding carboxylic acids is 1. The fraction of sp³-hybridized carbons (Fsp3) is 0.278. The lowest BCUT2D eigenvalue weighted by Crippen LogP contribution is -2.50. The number of benzene rings is 2. The molecular formula is C18H15ClF4N2O3S. The van der Waals surface area contributed by atoms with Gasteiger partial charge < -0.3 is 4.90 Å². The molecule has 1 aliphatic rings. The van der Waals surface area contributed by atoms with Crippen molar-refractivity contribution in [3.05, 3.63) is 64.4 Å². The number of sulfonamides is 1. The van der Waals surface area contributed by atoms with E-state index in [4.69, 9.17) is 11.6 Å². The predicted octanol–water partition coefficient (Wildman–Crippen LogP) is 3.64. The van der Waals surface area contributed by atoms with Crippen molar-refractivity contribution in [1.29, 1.82) is 0 Å². The van der Waals surface area contributed by atoms with Gasteiger partial charge in [0, 0.05) is 31.7 Å². The average molecular weight is 451 g/mol. The van der Waals surface area contributed by atoms with Gasteiger partial charge in [-0.1, -0.05) is 17.7 Å². The molecule has 5 nitrogen and oxygen atoms in total. The van der Waals surface area contributed by atoms with Gasteiger partial charge >= 0.3 is 6.18 Å². The molecular weight excluding hydrogens is 436 g/mol. The highest BCUT2D eigenvalue weighted by Gasteiger charge is 2.36. The van der Waals surface area contributed by atoms with Gasteiger partial charge in [0.25, 0.3) is 5.91 Å². The number of hydrogen-bond acceptors (Lipinski definition) is 3. The SMILES string of the molecule is O=C(c1cccc(F)c1)N1CCN(S(=O)(=O)c2ccc(Cl)c(C(F)(F)F)c2)CC1. The molecule has 1 amide bonds. The Bertz CT molecular complexity index is 1040. The Balaban J connectivity index is 1.76. The maximum Gasteiger partial charge on any atom is 0.417 e. The summed E-state index contributed by atoms with van der Waals surface area (Å²) in [4.78, 5) is 13.3. The van der Waals surface area contributed by atoms with Crippen LogP contribution in [0.1, 0.15) is 15.9 Å². The van der Waals surface area contributed by atoms with Crippen molar-refractivity contribution in [2.45, 2.75) is 11.1 Å². The number of nitrogens with zero attached hydrogens (tertiary/aromatic N) is 2. The van der Waals surface area contributed by atoms with Crippen molar-refractivity contribution in [1.82, 2.24) is 9.21 Å². The lowest BCUT2D eigenvalue weighted by atomic mass is 10.2. The second-order valence-corrected chi connectivity index (χ2v) is 8.69. The first-order valence-electron chi connectivity index (χ1n) is 8.42. The van der Waals surface area contributed by atoms with Gasteiger partial charge in [-0.05, 0) is 36.4 Å². The molecule has 0 bridgehead atoms. The molecule has 0 N–H and O–H groups in total. The van der Waals surface area contributed by atoms with Crippen LogP contribution in [0, 0.1) is 5.82 Å². The number of piperazine rings is 1. The minimum Gasteiger partial charge on any atom is -0.336 e. The molecule has 0 unspecified atom stereocenters. The molecule has 29 heavy (non-hydrogen) atoms. The zero-order valence-electron chi connectivity index (χ0n) is 14.8. The first kappa shape index (κ1) is 21.5. The van der Waals surface area contributed by atoms with Crippen LogP contribution in [0.5, 0.6) is 0 Å². The molecule has 1 heterocycles. The smallest absolute Gasteiger partial charge is 0.336 e. The first-order valence-corrected chi connectivity index (χ1v) is 10.2. The summed E-state index contributed by atoms with van der Waals surface area (Å²) in [5.41, 5.74) is -1.10. The summed E-state index contributed by atoms with van der Waals surface area (Å²) in [6.45, 7) is -0.163. The summed E-state index contributed by atoms with van der Waals surface area (Å²) >= 11 is 5.54. The summed E-state index contributed by atoms with van der Waals surface area (Å²) in [7, 11) is -4.21.